The van der Waals surface area contributed by atoms with Crippen LogP contribution in [0.2, 0.25) is 5.02 Å². The van der Waals surface area contributed by atoms with E-state index >= 15 is 0 Å². The normalized spacial score (nSPS) is 12.2. The standard InChI is InChI=1S/C19H21ClN6O.HI/c1-13(14-7-3-4-8-15(14)20)24-19(21-2)23-12-10-17-25-18(27-26-17)16-9-5-6-11-22-16;/h3-9,11,13H,10,12H2,1-2H3,(H2,21,23,24);1H. The number of nitrogens with zero attached hydrogens (tertiary/aromatic N) is 4. The van der Waals surface area contributed by atoms with E-state index in [2.05, 4.69) is 30.8 Å². The van der Waals surface area contributed by atoms with Crippen molar-refractivity contribution in [1.82, 2.24) is 25.8 Å². The van der Waals surface area contributed by atoms with Crippen molar-refractivity contribution in [3.05, 3.63) is 65.1 Å². The van der Waals surface area contributed by atoms with Crippen LogP contribution in [0.4, 0.5) is 0 Å². The number of benzene rings is 1. The lowest BCUT2D eigenvalue weighted by Crippen LogP contribution is -2.39. The van der Waals surface area contributed by atoms with Crippen LogP contribution < -0.4 is 10.6 Å². The molecule has 0 bridgehead atoms. The first-order valence-corrected chi connectivity index (χ1v) is 9.00. The first-order chi connectivity index (χ1) is 13.2. The number of aromatic nitrogens is 3. The maximum Gasteiger partial charge on any atom is 0.276 e. The van der Waals surface area contributed by atoms with Crippen LogP contribution in [0.5, 0.6) is 0 Å². The predicted molar refractivity (Wildman–Crippen MR) is 121 cm³/mol. The Bertz CT molecular complexity index is 902. The second kappa shape index (κ2) is 11.0. The van der Waals surface area contributed by atoms with Crippen LogP contribution in [0.1, 0.15) is 24.4 Å². The lowest BCUT2D eigenvalue weighted by atomic mass is 10.1. The van der Waals surface area contributed by atoms with Crippen LogP contribution in [0.25, 0.3) is 11.6 Å². The molecule has 2 heterocycles. The molecule has 0 aliphatic carbocycles. The van der Waals surface area contributed by atoms with Gasteiger partial charge in [0.1, 0.15) is 5.69 Å². The quantitative estimate of drug-likeness (QED) is 0.296. The molecule has 9 heteroatoms. The van der Waals surface area contributed by atoms with Gasteiger partial charge < -0.3 is 15.2 Å². The highest BCUT2D eigenvalue weighted by Gasteiger charge is 2.12. The van der Waals surface area contributed by atoms with Gasteiger partial charge in [-0.25, -0.2) is 0 Å². The molecule has 3 rings (SSSR count). The number of hydrogen-bond acceptors (Lipinski definition) is 5. The van der Waals surface area contributed by atoms with Crippen LogP contribution in [0, 0.1) is 0 Å². The molecule has 2 N–H and O–H groups in total. The molecule has 0 saturated carbocycles. The van der Waals surface area contributed by atoms with E-state index < -0.39 is 0 Å². The number of aliphatic imine (C=N–C) groups is 1. The molecule has 28 heavy (non-hydrogen) atoms. The average molecular weight is 513 g/mol. The summed E-state index contributed by atoms with van der Waals surface area (Å²) in [5, 5.41) is 11.3. The van der Waals surface area contributed by atoms with Gasteiger partial charge in [-0.3, -0.25) is 9.98 Å². The summed E-state index contributed by atoms with van der Waals surface area (Å²) in [6.45, 7) is 2.64. The molecule has 3 aromatic rings. The molecule has 2 aromatic heterocycles. The SMILES string of the molecule is CN=C(NCCc1noc(-c2ccccn2)n1)NC(C)c1ccccc1Cl.I. The summed E-state index contributed by atoms with van der Waals surface area (Å²) < 4.78 is 5.26. The Kier molecular flexibility index (Phi) is 8.65. The Balaban J connectivity index is 0.00000280. The molecule has 0 aliphatic heterocycles. The molecule has 0 aliphatic rings. The minimum Gasteiger partial charge on any atom is -0.356 e. The highest BCUT2D eigenvalue weighted by atomic mass is 127. The Morgan fingerprint density at radius 3 is 2.71 bits per heavy atom. The zero-order chi connectivity index (χ0) is 19.1. The van der Waals surface area contributed by atoms with Crippen LogP contribution in [0.3, 0.4) is 0 Å². The van der Waals surface area contributed by atoms with Crippen molar-refractivity contribution in [2.45, 2.75) is 19.4 Å². The first-order valence-electron chi connectivity index (χ1n) is 8.63. The fourth-order valence-electron chi connectivity index (χ4n) is 2.55. The highest BCUT2D eigenvalue weighted by Crippen LogP contribution is 2.21. The fourth-order valence-corrected chi connectivity index (χ4v) is 2.84. The van der Waals surface area contributed by atoms with Crippen LogP contribution in [0.15, 0.2) is 58.2 Å². The molecule has 0 amide bonds. The van der Waals surface area contributed by atoms with E-state index in [-0.39, 0.29) is 30.0 Å². The lowest BCUT2D eigenvalue weighted by molar-refractivity contribution is 0.421. The van der Waals surface area contributed by atoms with E-state index in [1.807, 2.05) is 49.4 Å². The minimum absolute atomic E-state index is 0. The maximum absolute atomic E-state index is 6.25. The van der Waals surface area contributed by atoms with Gasteiger partial charge in [0.25, 0.3) is 5.89 Å². The number of halogens is 2. The smallest absolute Gasteiger partial charge is 0.276 e. The summed E-state index contributed by atoms with van der Waals surface area (Å²) in [4.78, 5) is 12.8. The Morgan fingerprint density at radius 2 is 2.00 bits per heavy atom. The van der Waals surface area contributed by atoms with Gasteiger partial charge in [0.2, 0.25) is 0 Å². The van der Waals surface area contributed by atoms with Gasteiger partial charge in [0.15, 0.2) is 11.8 Å². The molecule has 1 aromatic carbocycles. The first kappa shape index (κ1) is 22.1. The van der Waals surface area contributed by atoms with Crippen molar-refractivity contribution in [2.24, 2.45) is 4.99 Å². The van der Waals surface area contributed by atoms with Crippen molar-refractivity contribution in [3.63, 3.8) is 0 Å². The van der Waals surface area contributed by atoms with Crippen molar-refractivity contribution in [2.75, 3.05) is 13.6 Å². The summed E-state index contributed by atoms with van der Waals surface area (Å²) in [6, 6.07) is 13.3. The zero-order valence-corrected chi connectivity index (χ0v) is 18.7. The van der Waals surface area contributed by atoms with Crippen LogP contribution in [-0.4, -0.2) is 34.7 Å². The van der Waals surface area contributed by atoms with E-state index in [0.717, 1.165) is 10.6 Å². The van der Waals surface area contributed by atoms with E-state index in [1.54, 1.807) is 13.2 Å². The van der Waals surface area contributed by atoms with Crippen LogP contribution >= 0.6 is 35.6 Å². The Hall–Kier alpha value is -2.20. The van der Waals surface area contributed by atoms with Gasteiger partial charge >= 0.3 is 0 Å². The highest BCUT2D eigenvalue weighted by molar-refractivity contribution is 14.0. The lowest BCUT2D eigenvalue weighted by Gasteiger charge is -2.19. The molecule has 0 fully saturated rings. The molecule has 148 valence electrons. The third-order valence-corrected chi connectivity index (χ3v) is 4.29. The monoisotopic (exact) mass is 512 g/mol. The summed E-state index contributed by atoms with van der Waals surface area (Å²) >= 11 is 6.25. The second-order valence-electron chi connectivity index (χ2n) is 5.87. The summed E-state index contributed by atoms with van der Waals surface area (Å²) in [6.07, 6.45) is 2.29. The molecule has 1 unspecified atom stereocenters. The summed E-state index contributed by atoms with van der Waals surface area (Å²) in [5.41, 5.74) is 1.68. The second-order valence-corrected chi connectivity index (χ2v) is 6.27. The van der Waals surface area contributed by atoms with E-state index in [0.29, 0.717) is 36.3 Å². The Labute approximate surface area is 186 Å². The van der Waals surface area contributed by atoms with Crippen molar-refractivity contribution < 1.29 is 4.52 Å². The molecular formula is C19H22ClIN6O. The van der Waals surface area contributed by atoms with Crippen molar-refractivity contribution >= 4 is 41.5 Å². The van der Waals surface area contributed by atoms with Crippen LogP contribution in [-0.2, 0) is 6.42 Å². The maximum atomic E-state index is 6.25. The molecule has 0 spiro atoms. The van der Waals surface area contributed by atoms with Gasteiger partial charge in [0.05, 0.1) is 6.04 Å². The van der Waals surface area contributed by atoms with E-state index in [9.17, 15) is 0 Å². The van der Waals surface area contributed by atoms with Gasteiger partial charge in [-0.2, -0.15) is 4.98 Å². The van der Waals surface area contributed by atoms with E-state index in [1.165, 1.54) is 0 Å². The van der Waals surface area contributed by atoms with Gasteiger partial charge in [0, 0.05) is 31.2 Å². The van der Waals surface area contributed by atoms with E-state index in [4.69, 9.17) is 16.1 Å². The fraction of sp³-hybridized carbons (Fsp3) is 0.263. The Morgan fingerprint density at radius 1 is 1.21 bits per heavy atom. The number of nitrogens with one attached hydrogen (secondary N) is 2. The summed E-state index contributed by atoms with van der Waals surface area (Å²) in [5.74, 6) is 1.70. The van der Waals surface area contributed by atoms with Crippen molar-refractivity contribution in [1.29, 1.82) is 0 Å². The molecule has 7 nitrogen and oxygen atoms in total. The third-order valence-electron chi connectivity index (χ3n) is 3.94. The van der Waals surface area contributed by atoms with Gasteiger partial charge in [-0.1, -0.05) is 41.0 Å². The number of hydrogen-bond donors (Lipinski definition) is 2. The minimum atomic E-state index is 0. The summed E-state index contributed by atoms with van der Waals surface area (Å²) in [7, 11) is 1.72. The number of guanidine groups is 1. The van der Waals surface area contributed by atoms with Gasteiger partial charge in [-0.15, -0.1) is 24.0 Å². The number of pyridine rings is 1. The topological polar surface area (TPSA) is 88.2 Å². The largest absolute Gasteiger partial charge is 0.356 e. The average Bonchev–Trinajstić information content (AvgIpc) is 3.17. The molecule has 0 saturated heterocycles. The van der Waals surface area contributed by atoms with Gasteiger partial charge in [-0.05, 0) is 30.7 Å². The molecule has 1 atom stereocenters. The molecular weight excluding hydrogens is 491 g/mol. The third kappa shape index (κ3) is 5.90. The van der Waals surface area contributed by atoms with Crippen molar-refractivity contribution in [3.8, 4) is 11.6 Å². The molecule has 0 radical (unpaired) electrons. The predicted octanol–water partition coefficient (Wildman–Crippen LogP) is 3.87. The zero-order valence-electron chi connectivity index (χ0n) is 15.6. The number of rotatable bonds is 6.